The minimum absolute atomic E-state index is 0.0730. The van der Waals surface area contributed by atoms with Gasteiger partial charge in [0.15, 0.2) is 11.0 Å². The molecule has 152 valence electrons. The lowest BCUT2D eigenvalue weighted by molar-refractivity contribution is -0.113. The van der Waals surface area contributed by atoms with E-state index in [0.717, 1.165) is 27.0 Å². The summed E-state index contributed by atoms with van der Waals surface area (Å²) in [6, 6.07) is 14.0. The van der Waals surface area contributed by atoms with Crippen molar-refractivity contribution < 1.29 is 9.53 Å². The Morgan fingerprint density at radius 2 is 1.97 bits per heavy atom. The van der Waals surface area contributed by atoms with Crippen molar-refractivity contribution in [1.29, 1.82) is 0 Å². The summed E-state index contributed by atoms with van der Waals surface area (Å²) in [4.78, 5) is 12.3. The number of hydrogen-bond donors (Lipinski definition) is 1. The molecule has 0 saturated heterocycles. The van der Waals surface area contributed by atoms with E-state index in [1.54, 1.807) is 0 Å². The molecule has 2 aromatic carbocycles. The molecule has 0 saturated carbocycles. The van der Waals surface area contributed by atoms with Gasteiger partial charge in [-0.2, -0.15) is 0 Å². The monoisotopic (exact) mass is 522 g/mol. The summed E-state index contributed by atoms with van der Waals surface area (Å²) in [7, 11) is 1.88. The van der Waals surface area contributed by atoms with Gasteiger partial charge in [0.25, 0.3) is 0 Å². The van der Waals surface area contributed by atoms with Crippen LogP contribution in [0.5, 0.6) is 5.75 Å². The highest BCUT2D eigenvalue weighted by Crippen LogP contribution is 2.20. The summed E-state index contributed by atoms with van der Waals surface area (Å²) in [5.41, 5.74) is 3.14. The fourth-order valence-electron chi connectivity index (χ4n) is 2.65. The van der Waals surface area contributed by atoms with Crippen molar-refractivity contribution in [2.75, 3.05) is 11.1 Å². The molecule has 0 bridgehead atoms. The number of anilines is 1. The van der Waals surface area contributed by atoms with Gasteiger partial charge in [-0.05, 0) is 77.4 Å². The molecule has 1 aromatic heterocycles. The van der Waals surface area contributed by atoms with Gasteiger partial charge in [-0.15, -0.1) is 10.2 Å². The molecule has 3 rings (SSSR count). The van der Waals surface area contributed by atoms with E-state index in [2.05, 4.69) is 57.2 Å². The highest BCUT2D eigenvalue weighted by molar-refractivity contribution is 14.1. The van der Waals surface area contributed by atoms with Crippen LogP contribution >= 0.6 is 34.4 Å². The van der Waals surface area contributed by atoms with Gasteiger partial charge in [0, 0.05) is 16.3 Å². The van der Waals surface area contributed by atoms with Gasteiger partial charge in [-0.1, -0.05) is 30.8 Å². The topological polar surface area (TPSA) is 69.0 Å². The Kier molecular flexibility index (Phi) is 7.54. The van der Waals surface area contributed by atoms with Crippen LogP contribution in [-0.4, -0.2) is 26.4 Å². The number of amides is 1. The number of rotatable bonds is 8. The number of nitrogens with one attached hydrogen (secondary N) is 1. The van der Waals surface area contributed by atoms with Crippen molar-refractivity contribution in [3.05, 3.63) is 63.0 Å². The second kappa shape index (κ2) is 10.1. The lowest BCUT2D eigenvalue weighted by Crippen LogP contribution is -2.15. The lowest BCUT2D eigenvalue weighted by Gasteiger charge is -2.09. The smallest absolute Gasteiger partial charge is 0.234 e. The molecule has 0 aliphatic rings. The minimum atomic E-state index is -0.0730. The molecule has 0 aliphatic carbocycles. The summed E-state index contributed by atoms with van der Waals surface area (Å²) in [5, 5.41) is 12.0. The molecule has 29 heavy (non-hydrogen) atoms. The van der Waals surface area contributed by atoms with Gasteiger partial charge in [-0.3, -0.25) is 4.79 Å². The van der Waals surface area contributed by atoms with Crippen LogP contribution < -0.4 is 10.1 Å². The highest BCUT2D eigenvalue weighted by atomic mass is 127. The molecule has 6 nitrogen and oxygen atoms in total. The number of thioether (sulfide) groups is 1. The normalized spacial score (nSPS) is 10.8. The average Bonchev–Trinajstić information content (AvgIpc) is 3.07. The summed E-state index contributed by atoms with van der Waals surface area (Å²) >= 11 is 3.61. The zero-order chi connectivity index (χ0) is 20.8. The molecule has 0 radical (unpaired) electrons. The Bertz CT molecular complexity index is 989. The van der Waals surface area contributed by atoms with Gasteiger partial charge in [0.2, 0.25) is 5.91 Å². The first-order valence-corrected chi connectivity index (χ1v) is 11.3. The van der Waals surface area contributed by atoms with E-state index in [1.165, 1.54) is 17.3 Å². The van der Waals surface area contributed by atoms with Gasteiger partial charge in [0.05, 0.1) is 5.75 Å². The predicted molar refractivity (Wildman–Crippen MR) is 124 cm³/mol. The molecule has 1 amide bonds. The van der Waals surface area contributed by atoms with Crippen molar-refractivity contribution >= 4 is 45.9 Å². The Hall–Kier alpha value is -2.07. The number of hydrogen-bond acceptors (Lipinski definition) is 5. The molecular weight excluding hydrogens is 499 g/mol. The van der Waals surface area contributed by atoms with E-state index in [0.29, 0.717) is 17.6 Å². The second-order valence-corrected chi connectivity index (χ2v) is 8.73. The van der Waals surface area contributed by atoms with Crippen LogP contribution in [0.15, 0.2) is 47.6 Å². The van der Waals surface area contributed by atoms with E-state index >= 15 is 0 Å². The van der Waals surface area contributed by atoms with E-state index in [4.69, 9.17) is 4.74 Å². The third-order valence-electron chi connectivity index (χ3n) is 4.42. The van der Waals surface area contributed by atoms with Crippen LogP contribution in [0.3, 0.4) is 0 Å². The third-order valence-corrected chi connectivity index (χ3v) is 6.11. The number of halogens is 1. The summed E-state index contributed by atoms with van der Waals surface area (Å²) in [6.45, 7) is 4.43. The van der Waals surface area contributed by atoms with Gasteiger partial charge in [-0.25, -0.2) is 0 Å². The van der Waals surface area contributed by atoms with Crippen LogP contribution in [0.2, 0.25) is 0 Å². The Labute approximate surface area is 188 Å². The van der Waals surface area contributed by atoms with Crippen LogP contribution in [0, 0.1) is 10.5 Å². The molecule has 1 heterocycles. The SMILES string of the molecule is CCc1ccc(OCc2nnc(SCC(=O)Nc3ccc(I)cc3C)n2C)cc1. The van der Waals surface area contributed by atoms with Crippen molar-refractivity contribution in [1.82, 2.24) is 14.8 Å². The Morgan fingerprint density at radius 1 is 1.21 bits per heavy atom. The fourth-order valence-corrected chi connectivity index (χ4v) is 4.03. The highest BCUT2D eigenvalue weighted by Gasteiger charge is 2.13. The van der Waals surface area contributed by atoms with Crippen molar-refractivity contribution in [2.45, 2.75) is 32.0 Å². The molecule has 3 aromatic rings. The average molecular weight is 522 g/mol. The third kappa shape index (κ3) is 5.96. The number of ether oxygens (including phenoxy) is 1. The molecular formula is C21H23IN4O2S. The molecule has 0 aliphatic heterocycles. The first-order valence-electron chi connectivity index (χ1n) is 9.25. The van der Waals surface area contributed by atoms with Crippen LogP contribution in [0.25, 0.3) is 0 Å². The number of nitrogens with zero attached hydrogens (tertiary/aromatic N) is 3. The van der Waals surface area contributed by atoms with Gasteiger partial charge in [0.1, 0.15) is 12.4 Å². The molecule has 8 heteroatoms. The molecule has 1 N–H and O–H groups in total. The standard InChI is InChI=1S/C21H23IN4O2S/c1-4-15-5-8-17(9-6-15)28-12-19-24-25-21(26(19)3)29-13-20(27)23-18-10-7-16(22)11-14(18)2/h5-11H,4,12-13H2,1-3H3,(H,23,27). The van der Waals surface area contributed by atoms with Crippen LogP contribution in [0.4, 0.5) is 5.69 Å². The number of aryl methyl sites for hydroxylation is 2. The quantitative estimate of drug-likeness (QED) is 0.346. The first kappa shape index (κ1) is 21.6. The van der Waals surface area contributed by atoms with E-state index in [-0.39, 0.29) is 11.7 Å². The predicted octanol–water partition coefficient (Wildman–Crippen LogP) is 4.60. The number of carbonyl (C=O) groups is 1. The largest absolute Gasteiger partial charge is 0.486 e. The van der Waals surface area contributed by atoms with E-state index in [1.807, 2.05) is 48.9 Å². The maximum Gasteiger partial charge on any atom is 0.234 e. The summed E-state index contributed by atoms with van der Waals surface area (Å²) in [5.74, 6) is 1.69. The maximum absolute atomic E-state index is 12.3. The van der Waals surface area contributed by atoms with E-state index in [9.17, 15) is 4.79 Å². The number of benzene rings is 2. The lowest BCUT2D eigenvalue weighted by atomic mass is 10.2. The fraction of sp³-hybridized carbons (Fsp3) is 0.286. The minimum Gasteiger partial charge on any atom is -0.486 e. The van der Waals surface area contributed by atoms with Crippen LogP contribution in [0.1, 0.15) is 23.9 Å². The Morgan fingerprint density at radius 3 is 2.66 bits per heavy atom. The first-order chi connectivity index (χ1) is 14.0. The Balaban J connectivity index is 1.52. The number of carbonyl (C=O) groups excluding carboxylic acids is 1. The zero-order valence-electron chi connectivity index (χ0n) is 16.6. The zero-order valence-corrected chi connectivity index (χ0v) is 19.6. The van der Waals surface area contributed by atoms with Crippen molar-refractivity contribution in [3.8, 4) is 5.75 Å². The summed E-state index contributed by atoms with van der Waals surface area (Å²) < 4.78 is 8.80. The van der Waals surface area contributed by atoms with Gasteiger partial charge < -0.3 is 14.6 Å². The number of aromatic nitrogens is 3. The van der Waals surface area contributed by atoms with Crippen molar-refractivity contribution in [2.24, 2.45) is 7.05 Å². The van der Waals surface area contributed by atoms with E-state index < -0.39 is 0 Å². The molecule has 0 fully saturated rings. The maximum atomic E-state index is 12.3. The molecule has 0 atom stereocenters. The molecule has 0 spiro atoms. The van der Waals surface area contributed by atoms with Gasteiger partial charge >= 0.3 is 0 Å². The summed E-state index contributed by atoms with van der Waals surface area (Å²) in [6.07, 6.45) is 1.00. The molecule has 0 unspecified atom stereocenters. The van der Waals surface area contributed by atoms with Crippen molar-refractivity contribution in [3.63, 3.8) is 0 Å². The second-order valence-electron chi connectivity index (χ2n) is 6.54. The van der Waals surface area contributed by atoms with Crippen LogP contribution in [-0.2, 0) is 24.9 Å².